The summed E-state index contributed by atoms with van der Waals surface area (Å²) in [7, 11) is 0. The van der Waals surface area contributed by atoms with Gasteiger partial charge in [-0.05, 0) is 13.8 Å². The van der Waals surface area contributed by atoms with Crippen molar-refractivity contribution < 1.29 is 0 Å². The van der Waals surface area contributed by atoms with Gasteiger partial charge in [0, 0.05) is 16.5 Å². The number of aryl methyl sites for hydroxylation is 1. The molecule has 0 radical (unpaired) electrons. The van der Waals surface area contributed by atoms with Crippen molar-refractivity contribution in [2.75, 3.05) is 5.43 Å². The first kappa shape index (κ1) is 17.6. The van der Waals surface area contributed by atoms with Crippen molar-refractivity contribution in [2.45, 2.75) is 13.8 Å². The fraction of sp³-hybridized carbons (Fsp3) is 0.0952. The first-order chi connectivity index (χ1) is 13.2. The molecule has 2 heterocycles. The average Bonchev–Trinajstić information content (AvgIpc) is 3.34. The van der Waals surface area contributed by atoms with Gasteiger partial charge in [0.05, 0.1) is 22.0 Å². The molecule has 0 aliphatic carbocycles. The van der Waals surface area contributed by atoms with E-state index in [1.54, 1.807) is 22.7 Å². The third-order valence-electron chi connectivity index (χ3n) is 4.04. The van der Waals surface area contributed by atoms with E-state index in [-0.39, 0.29) is 0 Å². The topological polar surface area (TPSA) is 50.2 Å². The predicted molar refractivity (Wildman–Crippen MR) is 116 cm³/mol. The molecule has 4 aromatic rings. The minimum Gasteiger partial charge on any atom is -0.252 e. The molecule has 0 bridgehead atoms. The Hall–Kier alpha value is -2.83. The van der Waals surface area contributed by atoms with E-state index in [2.05, 4.69) is 39.8 Å². The minimum absolute atomic E-state index is 0.777. The van der Waals surface area contributed by atoms with Crippen LogP contribution in [0.25, 0.3) is 21.8 Å². The molecule has 1 N–H and O–H groups in total. The molecule has 27 heavy (non-hydrogen) atoms. The largest absolute Gasteiger partial charge is 0.252 e. The average molecular weight is 391 g/mol. The highest BCUT2D eigenvalue weighted by Gasteiger charge is 2.12. The van der Waals surface area contributed by atoms with Crippen LogP contribution in [0.3, 0.4) is 0 Å². The number of hydrogen-bond acceptors (Lipinski definition) is 6. The van der Waals surface area contributed by atoms with E-state index in [0.717, 1.165) is 43.2 Å². The van der Waals surface area contributed by atoms with Gasteiger partial charge in [-0.3, -0.25) is 5.43 Å². The number of hydrazone groups is 1. The van der Waals surface area contributed by atoms with Crippen LogP contribution in [0.2, 0.25) is 0 Å². The zero-order chi connectivity index (χ0) is 18.6. The number of anilines is 1. The molecule has 134 valence electrons. The minimum atomic E-state index is 0.777. The number of thiazole rings is 2. The Morgan fingerprint density at radius 3 is 2.30 bits per heavy atom. The quantitative estimate of drug-likeness (QED) is 0.332. The summed E-state index contributed by atoms with van der Waals surface area (Å²) in [5.74, 6) is 0. The van der Waals surface area contributed by atoms with Gasteiger partial charge in [0.25, 0.3) is 0 Å². The second kappa shape index (κ2) is 7.82. The second-order valence-corrected chi connectivity index (χ2v) is 7.87. The molecule has 0 fully saturated rings. The number of aromatic nitrogens is 2. The SMILES string of the molecule is C/C(=N\Nc1nc(-c2ccccc2)cs1)c1sc(-c2ccccc2)nc1C. The van der Waals surface area contributed by atoms with E-state index < -0.39 is 0 Å². The van der Waals surface area contributed by atoms with Crippen molar-refractivity contribution in [3.63, 3.8) is 0 Å². The first-order valence-electron chi connectivity index (χ1n) is 8.55. The fourth-order valence-corrected chi connectivity index (χ4v) is 4.36. The van der Waals surface area contributed by atoms with Crippen LogP contribution in [0.1, 0.15) is 17.5 Å². The molecule has 4 nitrogen and oxygen atoms in total. The van der Waals surface area contributed by atoms with Crippen LogP contribution in [0.5, 0.6) is 0 Å². The van der Waals surface area contributed by atoms with Crippen molar-refractivity contribution in [1.82, 2.24) is 9.97 Å². The predicted octanol–water partition coefficient (Wildman–Crippen LogP) is 6.08. The monoisotopic (exact) mass is 390 g/mol. The second-order valence-electron chi connectivity index (χ2n) is 6.01. The number of benzene rings is 2. The molecule has 2 aromatic heterocycles. The first-order valence-corrected chi connectivity index (χ1v) is 10.2. The summed E-state index contributed by atoms with van der Waals surface area (Å²) in [6.45, 7) is 4.02. The zero-order valence-corrected chi connectivity index (χ0v) is 16.6. The highest BCUT2D eigenvalue weighted by atomic mass is 32.1. The molecule has 0 atom stereocenters. The van der Waals surface area contributed by atoms with Crippen LogP contribution in [0.15, 0.2) is 71.1 Å². The number of hydrogen-bond donors (Lipinski definition) is 1. The Morgan fingerprint density at radius 2 is 1.59 bits per heavy atom. The molecule has 0 spiro atoms. The molecule has 0 saturated carbocycles. The number of rotatable bonds is 5. The fourth-order valence-electron chi connectivity index (χ4n) is 2.69. The van der Waals surface area contributed by atoms with Crippen molar-refractivity contribution in [1.29, 1.82) is 0 Å². The lowest BCUT2D eigenvalue weighted by molar-refractivity contribution is 1.24. The Balaban J connectivity index is 1.52. The zero-order valence-electron chi connectivity index (χ0n) is 15.0. The molecule has 2 aromatic carbocycles. The summed E-state index contributed by atoms with van der Waals surface area (Å²) in [5.41, 5.74) is 8.17. The maximum atomic E-state index is 4.70. The summed E-state index contributed by atoms with van der Waals surface area (Å²) in [6.07, 6.45) is 0. The van der Waals surface area contributed by atoms with E-state index in [4.69, 9.17) is 4.98 Å². The van der Waals surface area contributed by atoms with Crippen molar-refractivity contribution >= 4 is 33.5 Å². The van der Waals surface area contributed by atoms with Crippen LogP contribution < -0.4 is 5.43 Å². The Kier molecular flexibility index (Phi) is 5.09. The van der Waals surface area contributed by atoms with Crippen LogP contribution in [-0.2, 0) is 0 Å². The third-order valence-corrected chi connectivity index (χ3v) is 6.10. The smallest absolute Gasteiger partial charge is 0.203 e. The van der Waals surface area contributed by atoms with Crippen LogP contribution >= 0.6 is 22.7 Å². The van der Waals surface area contributed by atoms with Gasteiger partial charge >= 0.3 is 0 Å². The van der Waals surface area contributed by atoms with Crippen molar-refractivity contribution in [3.05, 3.63) is 76.6 Å². The maximum Gasteiger partial charge on any atom is 0.203 e. The van der Waals surface area contributed by atoms with E-state index in [0.29, 0.717) is 0 Å². The molecule has 4 rings (SSSR count). The van der Waals surface area contributed by atoms with Gasteiger partial charge in [-0.1, -0.05) is 60.7 Å². The highest BCUT2D eigenvalue weighted by Crippen LogP contribution is 2.29. The summed E-state index contributed by atoms with van der Waals surface area (Å²) < 4.78 is 0. The lowest BCUT2D eigenvalue weighted by Gasteiger charge is -1.99. The molecule has 0 aliphatic rings. The van der Waals surface area contributed by atoms with Crippen molar-refractivity contribution in [3.8, 4) is 21.8 Å². The number of nitrogens with zero attached hydrogens (tertiary/aromatic N) is 3. The highest BCUT2D eigenvalue weighted by molar-refractivity contribution is 7.17. The van der Waals surface area contributed by atoms with Crippen LogP contribution in [-0.4, -0.2) is 15.7 Å². The van der Waals surface area contributed by atoms with E-state index >= 15 is 0 Å². The van der Waals surface area contributed by atoms with Gasteiger partial charge in [0.2, 0.25) is 5.13 Å². The normalized spacial score (nSPS) is 11.6. The van der Waals surface area contributed by atoms with Crippen LogP contribution in [0.4, 0.5) is 5.13 Å². The van der Waals surface area contributed by atoms with E-state index in [9.17, 15) is 0 Å². The maximum absolute atomic E-state index is 4.70. The Morgan fingerprint density at radius 1 is 0.926 bits per heavy atom. The van der Waals surface area contributed by atoms with Gasteiger partial charge in [-0.15, -0.1) is 22.7 Å². The van der Waals surface area contributed by atoms with E-state index in [1.165, 1.54) is 0 Å². The van der Waals surface area contributed by atoms with Gasteiger partial charge in [0.15, 0.2) is 0 Å². The lowest BCUT2D eigenvalue weighted by Crippen LogP contribution is -1.99. The van der Waals surface area contributed by atoms with Gasteiger partial charge in [-0.25, -0.2) is 9.97 Å². The molecule has 0 unspecified atom stereocenters. The van der Waals surface area contributed by atoms with Gasteiger partial charge in [0.1, 0.15) is 5.01 Å². The summed E-state index contributed by atoms with van der Waals surface area (Å²) in [6, 6.07) is 20.4. The molecule has 0 aliphatic heterocycles. The third kappa shape index (κ3) is 3.97. The summed E-state index contributed by atoms with van der Waals surface area (Å²) in [5, 5.41) is 8.35. The molecule has 0 saturated heterocycles. The number of nitrogens with one attached hydrogen (secondary N) is 1. The Labute approximate surface area is 166 Å². The molecule has 0 amide bonds. The molecular formula is C21H18N4S2. The van der Waals surface area contributed by atoms with Crippen LogP contribution in [0, 0.1) is 6.92 Å². The Bertz CT molecular complexity index is 1070. The molecule has 6 heteroatoms. The van der Waals surface area contributed by atoms with Crippen molar-refractivity contribution in [2.24, 2.45) is 5.10 Å². The molecular weight excluding hydrogens is 372 g/mol. The standard InChI is InChI=1S/C21H18N4S2/c1-14-19(27-20(22-14)17-11-7-4-8-12-17)15(2)24-25-21-23-18(13-26-21)16-9-5-3-6-10-16/h3-13H,1-2H3,(H,23,25)/b24-15+. The van der Waals surface area contributed by atoms with E-state index in [1.807, 2.05) is 55.6 Å². The lowest BCUT2D eigenvalue weighted by atomic mass is 10.2. The van der Waals surface area contributed by atoms with Gasteiger partial charge < -0.3 is 0 Å². The summed E-state index contributed by atoms with van der Waals surface area (Å²) >= 11 is 3.21. The van der Waals surface area contributed by atoms with Gasteiger partial charge in [-0.2, -0.15) is 5.10 Å². The summed E-state index contributed by atoms with van der Waals surface area (Å²) in [4.78, 5) is 10.4.